The zero-order valence-electron chi connectivity index (χ0n) is 23.7. The van der Waals surface area contributed by atoms with E-state index in [0.717, 1.165) is 21.9 Å². The van der Waals surface area contributed by atoms with Crippen molar-refractivity contribution in [3.05, 3.63) is 94.5 Å². The van der Waals surface area contributed by atoms with E-state index in [4.69, 9.17) is 11.6 Å². The molecule has 0 aliphatic rings. The van der Waals surface area contributed by atoms with Gasteiger partial charge in [0.25, 0.3) is 10.0 Å². The zero-order chi connectivity index (χ0) is 29.4. The number of aryl methyl sites for hydroxylation is 2. The topological polar surface area (TPSA) is 86.8 Å². The minimum Gasteiger partial charge on any atom is -0.352 e. The Morgan fingerprint density at radius 3 is 2.23 bits per heavy atom. The van der Waals surface area contributed by atoms with Crippen LogP contribution in [0.1, 0.15) is 50.3 Å². The highest BCUT2D eigenvalue weighted by Crippen LogP contribution is 2.29. The molecule has 0 radical (unpaired) electrons. The third-order valence-electron chi connectivity index (χ3n) is 6.86. The molecule has 3 rings (SSSR count). The van der Waals surface area contributed by atoms with Crippen molar-refractivity contribution < 1.29 is 18.0 Å². The van der Waals surface area contributed by atoms with E-state index in [0.29, 0.717) is 22.7 Å². The standard InChI is InChI=1S/C31H38ClN3O4S/c1-6-24(5)33-31(37)28(7-2)34(20-25-13-11-12-22(3)18-25)30(36)21-35(29-17-16-26(32)19-23(29)4)40(38,39)27-14-9-8-10-15-27/h8-19,24,28H,6-7,20-21H2,1-5H3,(H,33,37)/t24-,28-/m0/s1. The van der Waals surface area contributed by atoms with Gasteiger partial charge in [0.1, 0.15) is 12.6 Å². The second-order valence-electron chi connectivity index (χ2n) is 10.0. The van der Waals surface area contributed by atoms with Gasteiger partial charge in [0, 0.05) is 17.6 Å². The van der Waals surface area contributed by atoms with E-state index in [9.17, 15) is 18.0 Å². The van der Waals surface area contributed by atoms with E-state index < -0.39 is 28.5 Å². The van der Waals surface area contributed by atoms with Gasteiger partial charge in [-0.05, 0) is 75.1 Å². The number of nitrogens with zero attached hydrogens (tertiary/aromatic N) is 2. The molecule has 0 fully saturated rings. The number of benzene rings is 3. The molecule has 3 aromatic rings. The van der Waals surface area contributed by atoms with Crippen LogP contribution in [0.5, 0.6) is 0 Å². The number of sulfonamides is 1. The summed E-state index contributed by atoms with van der Waals surface area (Å²) in [6, 6.07) is 19.7. The van der Waals surface area contributed by atoms with Gasteiger partial charge in [0.2, 0.25) is 11.8 Å². The second-order valence-corrected chi connectivity index (χ2v) is 12.3. The quantitative estimate of drug-likeness (QED) is 0.289. The molecule has 2 amide bonds. The van der Waals surface area contributed by atoms with Crippen molar-refractivity contribution in [1.29, 1.82) is 0 Å². The highest BCUT2D eigenvalue weighted by atomic mass is 35.5. The summed E-state index contributed by atoms with van der Waals surface area (Å²) in [5.41, 5.74) is 2.82. The van der Waals surface area contributed by atoms with E-state index in [-0.39, 0.29) is 23.4 Å². The predicted molar refractivity (Wildman–Crippen MR) is 161 cm³/mol. The van der Waals surface area contributed by atoms with Crippen LogP contribution in [0.2, 0.25) is 5.02 Å². The third-order valence-corrected chi connectivity index (χ3v) is 8.87. The normalized spacial score (nSPS) is 12.8. The molecule has 40 heavy (non-hydrogen) atoms. The van der Waals surface area contributed by atoms with Crippen LogP contribution in [-0.2, 0) is 26.2 Å². The van der Waals surface area contributed by atoms with Crippen molar-refractivity contribution in [3.8, 4) is 0 Å². The molecule has 2 atom stereocenters. The molecule has 0 saturated carbocycles. The van der Waals surface area contributed by atoms with Gasteiger partial charge in [-0.25, -0.2) is 8.42 Å². The Morgan fingerprint density at radius 2 is 1.62 bits per heavy atom. The highest BCUT2D eigenvalue weighted by Gasteiger charge is 2.34. The third kappa shape index (κ3) is 7.64. The number of hydrogen-bond acceptors (Lipinski definition) is 4. The fourth-order valence-corrected chi connectivity index (χ4v) is 6.23. The fraction of sp³-hybridized carbons (Fsp3) is 0.355. The largest absolute Gasteiger partial charge is 0.352 e. The van der Waals surface area contributed by atoms with Gasteiger partial charge in [-0.3, -0.25) is 13.9 Å². The van der Waals surface area contributed by atoms with E-state index >= 15 is 0 Å². The molecule has 0 heterocycles. The molecule has 9 heteroatoms. The summed E-state index contributed by atoms with van der Waals surface area (Å²) >= 11 is 6.17. The number of anilines is 1. The van der Waals surface area contributed by atoms with E-state index in [1.807, 2.05) is 52.0 Å². The molecule has 7 nitrogen and oxygen atoms in total. The minimum absolute atomic E-state index is 0.0592. The summed E-state index contributed by atoms with van der Waals surface area (Å²) in [7, 11) is -4.13. The Hall–Kier alpha value is -3.36. The molecule has 0 aromatic heterocycles. The van der Waals surface area contributed by atoms with Gasteiger partial charge in [-0.2, -0.15) is 0 Å². The van der Waals surface area contributed by atoms with Crippen molar-refractivity contribution in [3.63, 3.8) is 0 Å². The lowest BCUT2D eigenvalue weighted by Crippen LogP contribution is -2.53. The van der Waals surface area contributed by atoms with E-state index in [1.165, 1.54) is 17.0 Å². The summed E-state index contributed by atoms with van der Waals surface area (Å²) in [4.78, 5) is 29.1. The van der Waals surface area contributed by atoms with Gasteiger partial charge in [-0.15, -0.1) is 0 Å². The Bertz CT molecular complexity index is 1430. The lowest BCUT2D eigenvalue weighted by Gasteiger charge is -2.34. The van der Waals surface area contributed by atoms with Crippen LogP contribution in [0.15, 0.2) is 77.7 Å². The maximum atomic E-state index is 14.1. The Labute approximate surface area is 243 Å². The van der Waals surface area contributed by atoms with Crippen LogP contribution in [0.4, 0.5) is 5.69 Å². The molecule has 1 N–H and O–H groups in total. The molecule has 214 valence electrons. The number of carbonyl (C=O) groups is 2. The first-order valence-electron chi connectivity index (χ1n) is 13.5. The van der Waals surface area contributed by atoms with Crippen molar-refractivity contribution in [2.24, 2.45) is 0 Å². The average molecular weight is 584 g/mol. The molecule has 3 aromatic carbocycles. The van der Waals surface area contributed by atoms with Gasteiger partial charge in [-0.1, -0.05) is 73.5 Å². The first-order valence-corrected chi connectivity index (χ1v) is 15.3. The Balaban J connectivity index is 2.08. The van der Waals surface area contributed by atoms with E-state index in [2.05, 4.69) is 5.32 Å². The number of nitrogens with one attached hydrogen (secondary N) is 1. The summed E-state index contributed by atoms with van der Waals surface area (Å²) < 4.78 is 29.0. The molecular formula is C31H38ClN3O4S. The number of rotatable bonds is 12. The van der Waals surface area contributed by atoms with Crippen LogP contribution < -0.4 is 9.62 Å². The van der Waals surface area contributed by atoms with Gasteiger partial charge in [0.15, 0.2) is 0 Å². The van der Waals surface area contributed by atoms with Crippen LogP contribution in [0.3, 0.4) is 0 Å². The minimum atomic E-state index is -4.13. The average Bonchev–Trinajstić information content (AvgIpc) is 2.92. The number of amides is 2. The van der Waals surface area contributed by atoms with E-state index in [1.54, 1.807) is 43.3 Å². The highest BCUT2D eigenvalue weighted by molar-refractivity contribution is 7.92. The van der Waals surface area contributed by atoms with Gasteiger partial charge < -0.3 is 10.2 Å². The Kier molecular flexibility index (Phi) is 10.8. The van der Waals surface area contributed by atoms with Crippen molar-refractivity contribution in [1.82, 2.24) is 10.2 Å². The molecule has 0 spiro atoms. The molecule has 0 aliphatic heterocycles. The van der Waals surface area contributed by atoms with Crippen LogP contribution in [0, 0.1) is 13.8 Å². The monoisotopic (exact) mass is 583 g/mol. The summed E-state index contributed by atoms with van der Waals surface area (Å²) in [6.07, 6.45) is 1.11. The van der Waals surface area contributed by atoms with Crippen LogP contribution in [0.25, 0.3) is 0 Å². The summed E-state index contributed by atoms with van der Waals surface area (Å²) in [6.45, 7) is 9.11. The smallest absolute Gasteiger partial charge is 0.264 e. The van der Waals surface area contributed by atoms with Crippen molar-refractivity contribution in [2.75, 3.05) is 10.8 Å². The first kappa shape index (κ1) is 31.2. The molecule has 0 unspecified atom stereocenters. The van der Waals surface area contributed by atoms with Gasteiger partial charge in [0.05, 0.1) is 10.6 Å². The molecule has 0 saturated heterocycles. The number of hydrogen-bond donors (Lipinski definition) is 1. The SMILES string of the molecule is CC[C@H](C)NC(=O)[C@H](CC)N(Cc1cccc(C)c1)C(=O)CN(c1ccc(Cl)cc1C)S(=O)(=O)c1ccccc1. The van der Waals surface area contributed by atoms with Gasteiger partial charge >= 0.3 is 0 Å². The molecule has 0 aliphatic carbocycles. The maximum Gasteiger partial charge on any atom is 0.264 e. The Morgan fingerprint density at radius 1 is 0.925 bits per heavy atom. The molecular weight excluding hydrogens is 546 g/mol. The fourth-order valence-electron chi connectivity index (χ4n) is 4.50. The second kappa shape index (κ2) is 13.8. The molecule has 0 bridgehead atoms. The van der Waals surface area contributed by atoms with Crippen LogP contribution >= 0.6 is 11.6 Å². The lowest BCUT2D eigenvalue weighted by molar-refractivity contribution is -0.140. The maximum absolute atomic E-state index is 14.1. The first-order chi connectivity index (χ1) is 19.0. The number of carbonyl (C=O) groups excluding carboxylic acids is 2. The number of halogens is 1. The lowest BCUT2D eigenvalue weighted by atomic mass is 10.1. The predicted octanol–water partition coefficient (Wildman–Crippen LogP) is 5.87. The van der Waals surface area contributed by atoms with Crippen molar-refractivity contribution >= 4 is 39.1 Å². The zero-order valence-corrected chi connectivity index (χ0v) is 25.3. The van der Waals surface area contributed by atoms with Crippen molar-refractivity contribution in [2.45, 2.75) is 71.0 Å². The van der Waals surface area contributed by atoms with Crippen LogP contribution in [-0.4, -0.2) is 43.8 Å². The summed E-state index contributed by atoms with van der Waals surface area (Å²) in [5, 5.41) is 3.45. The summed E-state index contributed by atoms with van der Waals surface area (Å²) in [5.74, 6) is -0.750.